The average Bonchev–Trinajstić information content (AvgIpc) is 2.86. The number of nitrogens with one attached hydrogen (secondary N) is 1. The topological polar surface area (TPSA) is 77.1 Å². The first-order chi connectivity index (χ1) is 16.6. The van der Waals surface area contributed by atoms with Gasteiger partial charge in [0.15, 0.2) is 0 Å². The Balaban J connectivity index is 1.78. The van der Waals surface area contributed by atoms with E-state index in [1.807, 2.05) is 53.4 Å². The zero-order valence-electron chi connectivity index (χ0n) is 20.4. The summed E-state index contributed by atoms with van der Waals surface area (Å²) in [6.45, 7) is 4.10. The summed E-state index contributed by atoms with van der Waals surface area (Å²) in [6.07, 6.45) is 2.75. The lowest BCUT2D eigenvalue weighted by Gasteiger charge is -2.41. The smallest absolute Gasteiger partial charge is 0.225 e. The van der Waals surface area contributed by atoms with Crippen LogP contribution in [0, 0.1) is 5.92 Å². The van der Waals surface area contributed by atoms with Crippen LogP contribution in [0.4, 0.5) is 0 Å². The monoisotopic (exact) mass is 468 g/mol. The Morgan fingerprint density at radius 2 is 1.94 bits per heavy atom. The molecule has 0 saturated carbocycles. The van der Waals surface area contributed by atoms with Crippen molar-refractivity contribution in [3.8, 4) is 11.5 Å². The van der Waals surface area contributed by atoms with Crippen LogP contribution in [0.15, 0.2) is 48.5 Å². The molecule has 1 heterocycles. The molecule has 2 unspecified atom stereocenters. The molecule has 3 rings (SSSR count). The molecule has 0 spiro atoms. The Morgan fingerprint density at radius 1 is 1.12 bits per heavy atom. The van der Waals surface area contributed by atoms with Gasteiger partial charge in [0.2, 0.25) is 11.8 Å². The molecule has 2 atom stereocenters. The Morgan fingerprint density at radius 3 is 2.71 bits per heavy atom. The number of carbonyl (C=O) groups excluding carboxylic acids is 2. The molecule has 7 heteroatoms. The number of nitrogens with zero attached hydrogens (tertiary/aromatic N) is 1. The van der Waals surface area contributed by atoms with E-state index in [1.165, 1.54) is 0 Å². The number of amides is 2. The normalized spacial score (nSPS) is 18.0. The van der Waals surface area contributed by atoms with Crippen LogP contribution in [0.5, 0.6) is 11.5 Å². The number of unbranched alkanes of at least 4 members (excludes halogenated alkanes) is 1. The van der Waals surface area contributed by atoms with Gasteiger partial charge in [-0.25, -0.2) is 0 Å². The maximum Gasteiger partial charge on any atom is 0.225 e. The number of benzene rings is 2. The first-order valence-electron chi connectivity index (χ1n) is 12.0. The maximum absolute atomic E-state index is 13.4. The van der Waals surface area contributed by atoms with Crippen LogP contribution in [0.2, 0.25) is 0 Å². The van der Waals surface area contributed by atoms with Crippen LogP contribution in [0.3, 0.4) is 0 Å². The van der Waals surface area contributed by atoms with Crippen molar-refractivity contribution in [3.63, 3.8) is 0 Å². The summed E-state index contributed by atoms with van der Waals surface area (Å²) in [6, 6.07) is 15.0. The van der Waals surface area contributed by atoms with E-state index in [2.05, 4.69) is 12.2 Å². The van der Waals surface area contributed by atoms with Gasteiger partial charge in [-0.05, 0) is 36.6 Å². The Hall–Kier alpha value is -3.06. The van der Waals surface area contributed by atoms with Crippen molar-refractivity contribution >= 4 is 11.8 Å². The van der Waals surface area contributed by atoms with Crippen molar-refractivity contribution in [1.29, 1.82) is 0 Å². The molecule has 2 amide bonds. The van der Waals surface area contributed by atoms with Crippen LogP contribution >= 0.6 is 0 Å². The van der Waals surface area contributed by atoms with Crippen LogP contribution in [0.25, 0.3) is 0 Å². The standard InChI is InChI=1S/C27H36N2O5/c1-4-5-15-29-25(30)14-13-23(26(29)22-11-6-7-12-24(22)33-3)27(31)28-19-20-9-8-10-21(18-20)34-17-16-32-2/h6-12,18,23,26H,4-5,13-17,19H2,1-3H3,(H,28,31). The van der Waals surface area contributed by atoms with E-state index in [-0.39, 0.29) is 23.8 Å². The van der Waals surface area contributed by atoms with Crippen LogP contribution < -0.4 is 14.8 Å². The predicted octanol–water partition coefficient (Wildman–Crippen LogP) is 4.12. The van der Waals surface area contributed by atoms with Crippen molar-refractivity contribution in [2.75, 3.05) is 34.0 Å². The molecule has 184 valence electrons. The highest BCUT2D eigenvalue weighted by molar-refractivity contribution is 5.85. The Labute approximate surface area is 202 Å². The summed E-state index contributed by atoms with van der Waals surface area (Å²) in [7, 11) is 3.26. The number of carbonyl (C=O) groups is 2. The van der Waals surface area contributed by atoms with Crippen molar-refractivity contribution in [2.24, 2.45) is 5.92 Å². The average molecular weight is 469 g/mol. The number of ether oxygens (including phenoxy) is 3. The Kier molecular flexibility index (Phi) is 9.76. The molecule has 34 heavy (non-hydrogen) atoms. The zero-order valence-corrected chi connectivity index (χ0v) is 20.4. The SMILES string of the molecule is CCCCN1C(=O)CCC(C(=O)NCc2cccc(OCCOC)c2)C1c1ccccc1OC. The Bertz CT molecular complexity index is 948. The van der Waals surface area contributed by atoms with Crippen molar-refractivity contribution in [2.45, 2.75) is 45.2 Å². The quantitative estimate of drug-likeness (QED) is 0.474. The molecule has 0 aromatic heterocycles. The number of rotatable bonds is 12. The summed E-state index contributed by atoms with van der Waals surface area (Å²) in [5.74, 6) is 1.11. The van der Waals surface area contributed by atoms with Gasteiger partial charge >= 0.3 is 0 Å². The molecule has 2 aromatic rings. The fourth-order valence-electron chi connectivity index (χ4n) is 4.42. The van der Waals surface area contributed by atoms with E-state index in [1.54, 1.807) is 14.2 Å². The second-order valence-corrected chi connectivity index (χ2v) is 8.48. The van der Waals surface area contributed by atoms with E-state index in [9.17, 15) is 9.59 Å². The number of piperidine rings is 1. The number of para-hydroxylation sites is 1. The van der Waals surface area contributed by atoms with Gasteiger partial charge in [0.25, 0.3) is 0 Å². The van der Waals surface area contributed by atoms with E-state index >= 15 is 0 Å². The molecule has 0 bridgehead atoms. The molecule has 1 N–H and O–H groups in total. The first-order valence-corrected chi connectivity index (χ1v) is 12.0. The highest BCUT2D eigenvalue weighted by Crippen LogP contribution is 2.40. The number of methoxy groups -OCH3 is 2. The molecular weight excluding hydrogens is 432 g/mol. The van der Waals surface area contributed by atoms with E-state index in [0.29, 0.717) is 44.9 Å². The first kappa shape index (κ1) is 25.6. The largest absolute Gasteiger partial charge is 0.496 e. The van der Waals surface area contributed by atoms with Crippen molar-refractivity contribution in [1.82, 2.24) is 10.2 Å². The summed E-state index contributed by atoms with van der Waals surface area (Å²) < 4.78 is 16.3. The second kappa shape index (κ2) is 13.0. The van der Waals surface area contributed by atoms with Crippen molar-refractivity contribution in [3.05, 3.63) is 59.7 Å². The third-order valence-electron chi connectivity index (χ3n) is 6.17. The van der Waals surface area contributed by atoms with E-state index < -0.39 is 0 Å². The second-order valence-electron chi connectivity index (χ2n) is 8.48. The summed E-state index contributed by atoms with van der Waals surface area (Å²) >= 11 is 0. The zero-order chi connectivity index (χ0) is 24.3. The summed E-state index contributed by atoms with van der Waals surface area (Å²) in [5, 5.41) is 3.09. The minimum Gasteiger partial charge on any atom is -0.496 e. The van der Waals surface area contributed by atoms with Gasteiger partial charge in [0.1, 0.15) is 18.1 Å². The lowest BCUT2D eigenvalue weighted by Crippen LogP contribution is -2.48. The molecule has 7 nitrogen and oxygen atoms in total. The number of likely N-dealkylation sites (tertiary alicyclic amines) is 1. The molecular formula is C27H36N2O5. The van der Waals surface area contributed by atoms with Gasteiger partial charge in [-0.2, -0.15) is 0 Å². The molecule has 0 aliphatic carbocycles. The van der Waals surface area contributed by atoms with E-state index in [4.69, 9.17) is 14.2 Å². The minimum absolute atomic E-state index is 0.0596. The van der Waals surface area contributed by atoms with E-state index in [0.717, 1.165) is 29.7 Å². The molecule has 2 aromatic carbocycles. The number of hydrogen-bond donors (Lipinski definition) is 1. The van der Waals surface area contributed by atoms with Gasteiger partial charge in [-0.1, -0.05) is 43.7 Å². The van der Waals surface area contributed by atoms with Gasteiger partial charge in [0.05, 0.1) is 25.7 Å². The lowest BCUT2D eigenvalue weighted by atomic mass is 9.83. The lowest BCUT2D eigenvalue weighted by molar-refractivity contribution is -0.143. The van der Waals surface area contributed by atoms with Gasteiger partial charge in [0, 0.05) is 32.2 Å². The third-order valence-corrected chi connectivity index (χ3v) is 6.17. The fraction of sp³-hybridized carbons (Fsp3) is 0.481. The van der Waals surface area contributed by atoms with Crippen LogP contribution in [-0.4, -0.2) is 50.7 Å². The third kappa shape index (κ3) is 6.50. The van der Waals surface area contributed by atoms with Crippen LogP contribution in [-0.2, 0) is 20.9 Å². The molecule has 0 radical (unpaired) electrons. The predicted molar refractivity (Wildman–Crippen MR) is 131 cm³/mol. The number of hydrogen-bond acceptors (Lipinski definition) is 5. The van der Waals surface area contributed by atoms with Crippen molar-refractivity contribution < 1.29 is 23.8 Å². The minimum atomic E-state index is -0.355. The summed E-state index contributed by atoms with van der Waals surface area (Å²) in [5.41, 5.74) is 1.83. The van der Waals surface area contributed by atoms with Gasteiger partial charge in [-0.15, -0.1) is 0 Å². The molecule has 1 aliphatic rings. The molecule has 1 fully saturated rings. The summed E-state index contributed by atoms with van der Waals surface area (Å²) in [4.78, 5) is 28.2. The highest BCUT2D eigenvalue weighted by atomic mass is 16.5. The van der Waals surface area contributed by atoms with Gasteiger partial charge < -0.3 is 24.4 Å². The highest BCUT2D eigenvalue weighted by Gasteiger charge is 2.41. The maximum atomic E-state index is 13.4. The van der Waals surface area contributed by atoms with Crippen LogP contribution in [0.1, 0.15) is 49.8 Å². The molecule has 1 aliphatic heterocycles. The molecule has 1 saturated heterocycles. The fourth-order valence-corrected chi connectivity index (χ4v) is 4.42. The van der Waals surface area contributed by atoms with Gasteiger partial charge in [-0.3, -0.25) is 9.59 Å².